The van der Waals surface area contributed by atoms with Crippen LogP contribution in [-0.4, -0.2) is 37.1 Å². The molecule has 1 aliphatic carbocycles. The molecule has 3 heteroatoms. The molecule has 23 heavy (non-hydrogen) atoms. The molecule has 0 saturated carbocycles. The Morgan fingerprint density at radius 1 is 1.00 bits per heavy atom. The Bertz CT molecular complexity index is 573. The van der Waals surface area contributed by atoms with Gasteiger partial charge in [-0.1, -0.05) is 42.5 Å². The van der Waals surface area contributed by atoms with Crippen LogP contribution in [0.5, 0.6) is 0 Å². The minimum atomic E-state index is -0.375. The van der Waals surface area contributed by atoms with Crippen LogP contribution in [0, 0.1) is 11.8 Å². The van der Waals surface area contributed by atoms with Gasteiger partial charge in [0.1, 0.15) is 0 Å². The fourth-order valence-electron chi connectivity index (χ4n) is 4.59. The molecule has 2 fully saturated rings. The molecule has 2 aliphatic heterocycles. The maximum absolute atomic E-state index is 13.5. The van der Waals surface area contributed by atoms with Gasteiger partial charge in [0, 0.05) is 26.3 Å². The van der Waals surface area contributed by atoms with E-state index >= 15 is 0 Å². The first-order valence-corrected chi connectivity index (χ1v) is 8.87. The number of fused-ring (bicyclic) bond motifs is 1. The van der Waals surface area contributed by atoms with Crippen molar-refractivity contribution >= 4 is 5.91 Å². The van der Waals surface area contributed by atoms with Crippen LogP contribution in [0.25, 0.3) is 0 Å². The lowest BCUT2D eigenvalue weighted by Gasteiger charge is -2.39. The number of rotatable bonds is 2. The van der Waals surface area contributed by atoms with E-state index < -0.39 is 0 Å². The van der Waals surface area contributed by atoms with Crippen molar-refractivity contribution < 1.29 is 9.53 Å². The van der Waals surface area contributed by atoms with Gasteiger partial charge >= 0.3 is 0 Å². The number of allylic oxidation sites excluding steroid dienone is 2. The molecule has 2 heterocycles. The van der Waals surface area contributed by atoms with Gasteiger partial charge < -0.3 is 9.64 Å². The SMILES string of the molecule is O=C(N1C[C@@H]2CC=CC[C@H]2C1)C1(c2ccccc2)CCOCC1. The minimum Gasteiger partial charge on any atom is -0.381 e. The second kappa shape index (κ2) is 6.12. The van der Waals surface area contributed by atoms with E-state index in [-0.39, 0.29) is 5.41 Å². The summed E-state index contributed by atoms with van der Waals surface area (Å²) in [7, 11) is 0. The quantitative estimate of drug-likeness (QED) is 0.785. The number of ether oxygens (including phenoxy) is 1. The Labute approximate surface area is 138 Å². The average molecular weight is 311 g/mol. The fraction of sp³-hybridized carbons (Fsp3) is 0.550. The summed E-state index contributed by atoms with van der Waals surface area (Å²) in [6, 6.07) is 10.4. The molecule has 0 unspecified atom stereocenters. The van der Waals surface area contributed by atoms with Crippen LogP contribution < -0.4 is 0 Å². The lowest BCUT2D eigenvalue weighted by molar-refractivity contribution is -0.140. The average Bonchev–Trinajstić information content (AvgIpc) is 3.06. The van der Waals surface area contributed by atoms with Gasteiger partial charge in [-0.3, -0.25) is 4.79 Å². The van der Waals surface area contributed by atoms with Gasteiger partial charge in [0.05, 0.1) is 5.41 Å². The van der Waals surface area contributed by atoms with Crippen molar-refractivity contribution in [1.82, 2.24) is 4.90 Å². The van der Waals surface area contributed by atoms with E-state index in [2.05, 4.69) is 29.2 Å². The number of carbonyl (C=O) groups excluding carboxylic acids is 1. The van der Waals surface area contributed by atoms with E-state index in [0.717, 1.165) is 38.8 Å². The normalized spacial score (nSPS) is 29.3. The molecule has 1 aromatic rings. The highest BCUT2D eigenvalue weighted by molar-refractivity contribution is 5.88. The monoisotopic (exact) mass is 311 g/mol. The third-order valence-electron chi connectivity index (χ3n) is 5.99. The summed E-state index contributed by atoms with van der Waals surface area (Å²) < 4.78 is 5.57. The van der Waals surface area contributed by atoms with Gasteiger partial charge in [0.25, 0.3) is 0 Å². The van der Waals surface area contributed by atoms with Crippen molar-refractivity contribution in [2.45, 2.75) is 31.1 Å². The van der Waals surface area contributed by atoms with Crippen LogP contribution in [-0.2, 0) is 14.9 Å². The maximum atomic E-state index is 13.5. The summed E-state index contributed by atoms with van der Waals surface area (Å²) in [6.45, 7) is 3.23. The molecule has 4 rings (SSSR count). The van der Waals surface area contributed by atoms with E-state index in [0.29, 0.717) is 31.0 Å². The van der Waals surface area contributed by atoms with E-state index in [1.807, 2.05) is 18.2 Å². The molecule has 2 atom stereocenters. The number of carbonyl (C=O) groups is 1. The van der Waals surface area contributed by atoms with E-state index in [1.165, 1.54) is 5.56 Å². The van der Waals surface area contributed by atoms with Crippen LogP contribution in [0.3, 0.4) is 0 Å². The zero-order valence-electron chi connectivity index (χ0n) is 13.6. The lowest BCUT2D eigenvalue weighted by Crippen LogP contribution is -2.49. The molecule has 0 radical (unpaired) electrons. The summed E-state index contributed by atoms with van der Waals surface area (Å²) in [5.74, 6) is 1.66. The summed E-state index contributed by atoms with van der Waals surface area (Å²) in [5.41, 5.74) is 0.793. The van der Waals surface area contributed by atoms with Crippen LogP contribution in [0.4, 0.5) is 0 Å². The molecule has 3 nitrogen and oxygen atoms in total. The number of amides is 1. The summed E-state index contributed by atoms with van der Waals surface area (Å²) in [6.07, 6.45) is 8.46. The first kappa shape index (κ1) is 14.9. The number of nitrogens with zero attached hydrogens (tertiary/aromatic N) is 1. The molecule has 0 bridgehead atoms. The molecule has 0 spiro atoms. The summed E-state index contributed by atoms with van der Waals surface area (Å²) in [4.78, 5) is 15.7. The maximum Gasteiger partial charge on any atom is 0.233 e. The van der Waals surface area contributed by atoms with Gasteiger partial charge in [0.15, 0.2) is 0 Å². The van der Waals surface area contributed by atoms with Crippen LogP contribution in [0.1, 0.15) is 31.2 Å². The van der Waals surface area contributed by atoms with Crippen LogP contribution >= 0.6 is 0 Å². The number of benzene rings is 1. The summed E-state index contributed by atoms with van der Waals surface area (Å²) >= 11 is 0. The van der Waals surface area contributed by atoms with Gasteiger partial charge in [0.2, 0.25) is 5.91 Å². The second-order valence-corrected chi connectivity index (χ2v) is 7.23. The molecule has 122 valence electrons. The Kier molecular flexibility index (Phi) is 3.98. The van der Waals surface area contributed by atoms with Gasteiger partial charge in [-0.15, -0.1) is 0 Å². The number of hydrogen-bond acceptors (Lipinski definition) is 2. The van der Waals surface area contributed by atoms with Crippen molar-refractivity contribution in [3.63, 3.8) is 0 Å². The molecular formula is C20H25NO2. The number of hydrogen-bond donors (Lipinski definition) is 0. The van der Waals surface area contributed by atoms with Crippen molar-refractivity contribution in [2.75, 3.05) is 26.3 Å². The standard InChI is InChI=1S/C20H25NO2/c22-19(21-14-16-6-4-5-7-17(16)15-21)20(10-12-23-13-11-20)18-8-2-1-3-9-18/h1-5,8-9,16-17H,6-7,10-15H2/t16-,17-/m0/s1. The molecule has 1 amide bonds. The second-order valence-electron chi connectivity index (χ2n) is 7.23. The minimum absolute atomic E-state index is 0.335. The van der Waals surface area contributed by atoms with Crippen molar-refractivity contribution in [1.29, 1.82) is 0 Å². The van der Waals surface area contributed by atoms with Gasteiger partial charge in [-0.25, -0.2) is 0 Å². The lowest BCUT2D eigenvalue weighted by atomic mass is 9.73. The van der Waals surface area contributed by atoms with Crippen molar-refractivity contribution in [2.24, 2.45) is 11.8 Å². The topological polar surface area (TPSA) is 29.5 Å². The van der Waals surface area contributed by atoms with Crippen molar-refractivity contribution in [3.8, 4) is 0 Å². The fourth-order valence-corrected chi connectivity index (χ4v) is 4.59. The summed E-state index contributed by atoms with van der Waals surface area (Å²) in [5, 5.41) is 0. The van der Waals surface area contributed by atoms with Crippen molar-refractivity contribution in [3.05, 3.63) is 48.0 Å². The Hall–Kier alpha value is -1.61. The highest BCUT2D eigenvalue weighted by Gasteiger charge is 2.47. The van der Waals surface area contributed by atoms with E-state index in [4.69, 9.17) is 4.74 Å². The smallest absolute Gasteiger partial charge is 0.233 e. The van der Waals surface area contributed by atoms with Gasteiger partial charge in [-0.05, 0) is 43.1 Å². The molecule has 0 aromatic heterocycles. The highest BCUT2D eigenvalue weighted by atomic mass is 16.5. The van der Waals surface area contributed by atoms with Crippen LogP contribution in [0.2, 0.25) is 0 Å². The first-order chi connectivity index (χ1) is 11.3. The molecule has 0 N–H and O–H groups in total. The predicted molar refractivity (Wildman–Crippen MR) is 90.1 cm³/mol. The third-order valence-corrected chi connectivity index (χ3v) is 5.99. The van der Waals surface area contributed by atoms with Gasteiger partial charge in [-0.2, -0.15) is 0 Å². The predicted octanol–water partition coefficient (Wildman–Crippen LogP) is 3.16. The molecular weight excluding hydrogens is 286 g/mol. The zero-order valence-corrected chi connectivity index (χ0v) is 13.6. The van der Waals surface area contributed by atoms with E-state index in [9.17, 15) is 4.79 Å². The zero-order chi connectivity index (χ0) is 15.7. The van der Waals surface area contributed by atoms with Crippen LogP contribution in [0.15, 0.2) is 42.5 Å². The molecule has 3 aliphatic rings. The Balaban J connectivity index is 1.61. The Morgan fingerprint density at radius 2 is 1.61 bits per heavy atom. The Morgan fingerprint density at radius 3 is 2.22 bits per heavy atom. The third kappa shape index (κ3) is 2.61. The molecule has 1 aromatic carbocycles. The van der Waals surface area contributed by atoms with E-state index in [1.54, 1.807) is 0 Å². The molecule has 2 saturated heterocycles. The number of likely N-dealkylation sites (tertiary alicyclic amines) is 1. The first-order valence-electron chi connectivity index (χ1n) is 8.87. The highest BCUT2D eigenvalue weighted by Crippen LogP contribution is 2.40. The largest absolute Gasteiger partial charge is 0.381 e.